The lowest BCUT2D eigenvalue weighted by molar-refractivity contribution is 0.173. The topological polar surface area (TPSA) is 47.6 Å². The molecule has 1 aromatic carbocycles. The van der Waals surface area contributed by atoms with Crippen molar-refractivity contribution in [3.63, 3.8) is 0 Å². The van der Waals surface area contributed by atoms with Gasteiger partial charge in [-0.3, -0.25) is 0 Å². The number of rotatable bonds is 1. The van der Waals surface area contributed by atoms with Crippen LogP contribution in [-0.2, 0) is 4.74 Å². The lowest BCUT2D eigenvalue weighted by Crippen LogP contribution is -2.16. The molecule has 14 heavy (non-hydrogen) atoms. The summed E-state index contributed by atoms with van der Waals surface area (Å²) in [6, 6.07) is 9.68. The largest absolute Gasteiger partial charge is 0.497 e. The van der Waals surface area contributed by atoms with Crippen molar-refractivity contribution in [2.24, 2.45) is 0 Å². The summed E-state index contributed by atoms with van der Waals surface area (Å²) in [4.78, 5) is 9.85. The zero-order valence-corrected chi connectivity index (χ0v) is 8.61. The highest BCUT2D eigenvalue weighted by atomic mass is 16.5. The van der Waals surface area contributed by atoms with Gasteiger partial charge in [0.2, 0.25) is 0 Å². The smallest absolute Gasteiger partial charge is 0.406 e. The molecule has 1 N–H and O–H groups in total. The number of para-hydroxylation sites is 1. The molecule has 78 valence electrons. The first-order chi connectivity index (χ1) is 6.74. The zero-order valence-electron chi connectivity index (χ0n) is 8.61. The van der Waals surface area contributed by atoms with Crippen molar-refractivity contribution in [2.45, 2.75) is 0 Å². The number of hydrogen-bond donors (Lipinski definition) is 1. The van der Waals surface area contributed by atoms with Gasteiger partial charge in [-0.25, -0.2) is 4.79 Å². The van der Waals surface area contributed by atoms with Crippen LogP contribution < -0.4 is 10.1 Å². The minimum atomic E-state index is -0.407. The highest BCUT2D eigenvalue weighted by Gasteiger charge is 1.85. The molecule has 0 heterocycles. The van der Waals surface area contributed by atoms with Gasteiger partial charge in [-0.1, -0.05) is 18.2 Å². The Kier molecular flexibility index (Phi) is 6.95. The fourth-order valence-electron chi connectivity index (χ4n) is 0.659. The van der Waals surface area contributed by atoms with E-state index in [1.807, 2.05) is 30.3 Å². The molecule has 0 bridgehead atoms. The van der Waals surface area contributed by atoms with Crippen molar-refractivity contribution in [1.29, 1.82) is 0 Å². The van der Waals surface area contributed by atoms with Crippen molar-refractivity contribution >= 4 is 6.09 Å². The number of alkyl carbamates (subject to hydrolysis) is 1. The van der Waals surface area contributed by atoms with Gasteiger partial charge in [0, 0.05) is 7.05 Å². The predicted octanol–water partition coefficient (Wildman–Crippen LogP) is 1.67. The number of benzene rings is 1. The molecule has 0 fully saturated rings. The number of carbonyl (C=O) groups is 1. The molecule has 0 radical (unpaired) electrons. The van der Waals surface area contributed by atoms with Crippen LogP contribution in [-0.4, -0.2) is 27.4 Å². The number of amides is 1. The second-order valence-electron chi connectivity index (χ2n) is 2.26. The van der Waals surface area contributed by atoms with Gasteiger partial charge in [0.1, 0.15) is 5.75 Å². The third kappa shape index (κ3) is 5.88. The summed E-state index contributed by atoms with van der Waals surface area (Å²) in [6.07, 6.45) is -0.407. The predicted molar refractivity (Wildman–Crippen MR) is 54.5 cm³/mol. The molecular weight excluding hydrogens is 182 g/mol. The maximum Gasteiger partial charge on any atom is 0.406 e. The van der Waals surface area contributed by atoms with E-state index >= 15 is 0 Å². The average molecular weight is 197 g/mol. The lowest BCUT2D eigenvalue weighted by Gasteiger charge is -1.93. The first-order valence-corrected chi connectivity index (χ1v) is 4.09. The van der Waals surface area contributed by atoms with Crippen LogP contribution >= 0.6 is 0 Å². The number of hydrogen-bond acceptors (Lipinski definition) is 3. The normalized spacial score (nSPS) is 7.93. The van der Waals surface area contributed by atoms with E-state index in [9.17, 15) is 4.79 Å². The van der Waals surface area contributed by atoms with Gasteiger partial charge in [-0.05, 0) is 12.1 Å². The Morgan fingerprint density at radius 2 is 1.79 bits per heavy atom. The molecule has 0 saturated carbocycles. The molecule has 1 aromatic rings. The average Bonchev–Trinajstić information content (AvgIpc) is 2.30. The van der Waals surface area contributed by atoms with Gasteiger partial charge >= 0.3 is 6.09 Å². The van der Waals surface area contributed by atoms with Gasteiger partial charge in [0.05, 0.1) is 14.2 Å². The summed E-state index contributed by atoms with van der Waals surface area (Å²) in [7, 11) is 4.49. The third-order valence-corrected chi connectivity index (χ3v) is 1.37. The summed E-state index contributed by atoms with van der Waals surface area (Å²) in [6.45, 7) is 0. The molecule has 0 aliphatic carbocycles. The van der Waals surface area contributed by atoms with E-state index in [0.717, 1.165) is 5.75 Å². The molecule has 0 saturated heterocycles. The molecule has 0 unspecified atom stereocenters. The molecule has 1 rings (SSSR count). The van der Waals surface area contributed by atoms with E-state index in [0.29, 0.717) is 0 Å². The molecule has 0 aliphatic heterocycles. The van der Waals surface area contributed by atoms with Crippen LogP contribution in [0.25, 0.3) is 0 Å². The van der Waals surface area contributed by atoms with Crippen molar-refractivity contribution in [1.82, 2.24) is 5.32 Å². The molecule has 4 heteroatoms. The second kappa shape index (κ2) is 7.91. The van der Waals surface area contributed by atoms with Crippen molar-refractivity contribution < 1.29 is 14.3 Å². The number of methoxy groups -OCH3 is 2. The number of ether oxygens (including phenoxy) is 2. The standard InChI is InChI=1S/C7H8O.C3H7NO2/c1-8-7-5-3-2-4-6-7;1-4-3(5)6-2/h2-6H,1H3;1-2H3,(H,4,5). The van der Waals surface area contributed by atoms with Crippen LogP contribution in [0, 0.1) is 0 Å². The first-order valence-electron chi connectivity index (χ1n) is 4.09. The highest BCUT2D eigenvalue weighted by molar-refractivity contribution is 5.66. The minimum absolute atomic E-state index is 0.407. The molecule has 4 nitrogen and oxygen atoms in total. The van der Waals surface area contributed by atoms with E-state index in [1.165, 1.54) is 14.2 Å². The summed E-state index contributed by atoms with van der Waals surface area (Å²) in [5.41, 5.74) is 0. The molecule has 0 aromatic heterocycles. The molecule has 0 aliphatic rings. The lowest BCUT2D eigenvalue weighted by atomic mass is 10.3. The first kappa shape index (κ1) is 12.3. The SMILES string of the molecule is CNC(=O)OC.COc1ccccc1. The Morgan fingerprint density at radius 3 is 2.00 bits per heavy atom. The van der Waals surface area contributed by atoms with Crippen LogP contribution in [0.15, 0.2) is 30.3 Å². The van der Waals surface area contributed by atoms with Crippen molar-refractivity contribution in [3.05, 3.63) is 30.3 Å². The second-order valence-corrected chi connectivity index (χ2v) is 2.26. The van der Waals surface area contributed by atoms with E-state index in [1.54, 1.807) is 7.11 Å². The molecule has 0 atom stereocenters. The van der Waals surface area contributed by atoms with Crippen molar-refractivity contribution in [3.8, 4) is 5.75 Å². The van der Waals surface area contributed by atoms with Crippen molar-refractivity contribution in [2.75, 3.05) is 21.3 Å². The fourth-order valence-corrected chi connectivity index (χ4v) is 0.659. The Hall–Kier alpha value is -1.71. The van der Waals surface area contributed by atoms with Crippen LogP contribution in [0.4, 0.5) is 4.79 Å². The Balaban J connectivity index is 0.000000255. The van der Waals surface area contributed by atoms with Gasteiger partial charge in [0.25, 0.3) is 0 Å². The van der Waals surface area contributed by atoms with Gasteiger partial charge in [-0.2, -0.15) is 0 Å². The molecular formula is C10H15NO3. The Labute approximate surface area is 83.8 Å². The monoisotopic (exact) mass is 197 g/mol. The maximum atomic E-state index is 9.85. The van der Waals surface area contributed by atoms with Crippen LogP contribution in [0.3, 0.4) is 0 Å². The molecule has 1 amide bonds. The van der Waals surface area contributed by atoms with Gasteiger partial charge < -0.3 is 14.8 Å². The van der Waals surface area contributed by atoms with E-state index in [4.69, 9.17) is 4.74 Å². The number of carbonyl (C=O) groups excluding carboxylic acids is 1. The third-order valence-electron chi connectivity index (χ3n) is 1.37. The minimum Gasteiger partial charge on any atom is -0.497 e. The summed E-state index contributed by atoms with van der Waals surface area (Å²) >= 11 is 0. The van der Waals surface area contributed by atoms with Crippen LogP contribution in [0.5, 0.6) is 5.75 Å². The number of nitrogens with one attached hydrogen (secondary N) is 1. The van der Waals surface area contributed by atoms with E-state index in [-0.39, 0.29) is 0 Å². The zero-order chi connectivity index (χ0) is 10.8. The van der Waals surface area contributed by atoms with E-state index in [2.05, 4.69) is 10.1 Å². The summed E-state index contributed by atoms with van der Waals surface area (Å²) < 4.78 is 9.06. The fraction of sp³-hybridized carbons (Fsp3) is 0.300. The Bertz CT molecular complexity index is 243. The van der Waals surface area contributed by atoms with Gasteiger partial charge in [-0.15, -0.1) is 0 Å². The molecule has 0 spiro atoms. The summed E-state index contributed by atoms with van der Waals surface area (Å²) in [5.74, 6) is 0.910. The quantitative estimate of drug-likeness (QED) is 0.745. The highest BCUT2D eigenvalue weighted by Crippen LogP contribution is 2.05. The Morgan fingerprint density at radius 1 is 1.21 bits per heavy atom. The van der Waals surface area contributed by atoms with Crippen LogP contribution in [0.1, 0.15) is 0 Å². The van der Waals surface area contributed by atoms with Crippen LogP contribution in [0.2, 0.25) is 0 Å². The maximum absolute atomic E-state index is 9.85. The summed E-state index contributed by atoms with van der Waals surface area (Å²) in [5, 5.41) is 2.25. The van der Waals surface area contributed by atoms with E-state index < -0.39 is 6.09 Å². The van der Waals surface area contributed by atoms with Gasteiger partial charge in [0.15, 0.2) is 0 Å².